The van der Waals surface area contributed by atoms with Gasteiger partial charge in [0.25, 0.3) is 5.56 Å². The molecule has 0 radical (unpaired) electrons. The van der Waals surface area contributed by atoms with Crippen LogP contribution in [0, 0.1) is 0 Å². The number of nitrogens with one attached hydrogen (secondary N) is 1. The first-order valence-electron chi connectivity index (χ1n) is 8.04. The lowest BCUT2D eigenvalue weighted by Gasteiger charge is -2.08. The summed E-state index contributed by atoms with van der Waals surface area (Å²) in [4.78, 5) is 27.6. The Morgan fingerprint density at radius 2 is 2.00 bits per heavy atom. The van der Waals surface area contributed by atoms with E-state index >= 15 is 0 Å². The van der Waals surface area contributed by atoms with Crippen LogP contribution in [0.5, 0.6) is 0 Å². The zero-order valence-electron chi connectivity index (χ0n) is 14.0. The fourth-order valence-corrected chi connectivity index (χ4v) is 3.05. The summed E-state index contributed by atoms with van der Waals surface area (Å²) in [6, 6.07) is 13.0. The van der Waals surface area contributed by atoms with Crippen molar-refractivity contribution in [2.75, 3.05) is 12.3 Å². The quantitative estimate of drug-likeness (QED) is 0.632. The molecule has 9 heteroatoms. The number of aromatic nitrogens is 5. The molecule has 0 fully saturated rings. The van der Waals surface area contributed by atoms with Crippen molar-refractivity contribution in [3.63, 3.8) is 0 Å². The molecule has 0 unspecified atom stereocenters. The molecule has 0 saturated heterocycles. The molecule has 1 aromatic carbocycles. The van der Waals surface area contributed by atoms with Gasteiger partial charge in [-0.2, -0.15) is 5.10 Å². The van der Waals surface area contributed by atoms with Crippen molar-refractivity contribution in [2.24, 2.45) is 0 Å². The second kappa shape index (κ2) is 8.95. The first kappa shape index (κ1) is 17.9. The first-order valence-corrected chi connectivity index (χ1v) is 9.19. The Balaban J connectivity index is 1.45. The predicted octanol–water partition coefficient (Wildman–Crippen LogP) is 0.874. The molecule has 3 aromatic rings. The van der Waals surface area contributed by atoms with Gasteiger partial charge >= 0.3 is 0 Å². The van der Waals surface area contributed by atoms with Gasteiger partial charge in [0.1, 0.15) is 12.7 Å². The minimum Gasteiger partial charge on any atom is -0.354 e. The van der Waals surface area contributed by atoms with E-state index in [2.05, 4.69) is 20.5 Å². The second-order valence-corrected chi connectivity index (χ2v) is 6.41. The molecular weight excluding hydrogens is 352 g/mol. The van der Waals surface area contributed by atoms with Gasteiger partial charge in [-0.1, -0.05) is 30.3 Å². The summed E-state index contributed by atoms with van der Waals surface area (Å²) in [7, 11) is 0. The highest BCUT2D eigenvalue weighted by molar-refractivity contribution is 7.99. The third-order valence-corrected chi connectivity index (χ3v) is 4.50. The number of amides is 1. The van der Waals surface area contributed by atoms with Crippen molar-refractivity contribution in [2.45, 2.75) is 12.3 Å². The van der Waals surface area contributed by atoms with Crippen molar-refractivity contribution >= 4 is 17.7 Å². The molecule has 2 heterocycles. The lowest BCUT2D eigenvalue weighted by molar-refractivity contribution is -0.118. The van der Waals surface area contributed by atoms with E-state index in [-0.39, 0.29) is 18.0 Å². The zero-order valence-corrected chi connectivity index (χ0v) is 14.8. The van der Waals surface area contributed by atoms with Crippen LogP contribution in [0.25, 0.3) is 5.82 Å². The summed E-state index contributed by atoms with van der Waals surface area (Å²) in [5, 5.41) is 11.0. The van der Waals surface area contributed by atoms with Crippen LogP contribution in [0.3, 0.4) is 0 Å². The lowest BCUT2D eigenvalue weighted by atomic mass is 10.2. The third kappa shape index (κ3) is 5.03. The summed E-state index contributed by atoms with van der Waals surface area (Å²) in [6.45, 7) is 0.620. The molecule has 0 atom stereocenters. The van der Waals surface area contributed by atoms with Gasteiger partial charge in [0.15, 0.2) is 5.82 Å². The van der Waals surface area contributed by atoms with Crippen LogP contribution in [-0.4, -0.2) is 42.7 Å². The van der Waals surface area contributed by atoms with E-state index in [1.54, 1.807) is 17.8 Å². The molecule has 134 valence electrons. The fourth-order valence-electron chi connectivity index (χ4n) is 2.24. The Hall–Kier alpha value is -2.94. The Labute approximate surface area is 154 Å². The largest absolute Gasteiger partial charge is 0.354 e. The molecule has 1 amide bonds. The standard InChI is InChI=1S/C17H18N6O2S/c24-16(11-26-10-14-4-2-1-3-5-14)19-8-9-22-17(25)7-6-15(21-22)23-13-18-12-20-23/h1-7,12-13H,8-11H2,(H,19,24). The molecule has 1 N–H and O–H groups in total. The SMILES string of the molecule is O=C(CSCc1ccccc1)NCCn1nc(-n2cncn2)ccc1=O. The summed E-state index contributed by atoms with van der Waals surface area (Å²) in [5.41, 5.74) is 0.951. The molecule has 8 nitrogen and oxygen atoms in total. The number of rotatable bonds is 8. The summed E-state index contributed by atoms with van der Waals surface area (Å²) in [5.74, 6) is 1.59. The Morgan fingerprint density at radius 3 is 2.77 bits per heavy atom. The predicted molar refractivity (Wildman–Crippen MR) is 99.0 cm³/mol. The molecule has 0 aliphatic carbocycles. The summed E-state index contributed by atoms with van der Waals surface area (Å²) in [6.07, 6.45) is 2.90. The van der Waals surface area contributed by atoms with E-state index in [0.29, 0.717) is 18.1 Å². The molecule has 2 aromatic heterocycles. The molecule has 3 rings (SSSR count). The molecule has 26 heavy (non-hydrogen) atoms. The maximum Gasteiger partial charge on any atom is 0.266 e. The van der Waals surface area contributed by atoms with Crippen LogP contribution < -0.4 is 10.9 Å². The number of thioether (sulfide) groups is 1. The highest BCUT2D eigenvalue weighted by Gasteiger charge is 2.05. The first-order chi connectivity index (χ1) is 12.7. The monoisotopic (exact) mass is 370 g/mol. The van der Waals surface area contributed by atoms with Crippen LogP contribution in [0.4, 0.5) is 0 Å². The van der Waals surface area contributed by atoms with E-state index in [1.165, 1.54) is 33.6 Å². The van der Waals surface area contributed by atoms with E-state index < -0.39 is 0 Å². The van der Waals surface area contributed by atoms with Gasteiger partial charge in [0.2, 0.25) is 5.91 Å². The van der Waals surface area contributed by atoms with Gasteiger partial charge in [-0.25, -0.2) is 14.3 Å². The minimum absolute atomic E-state index is 0.0635. The van der Waals surface area contributed by atoms with Crippen LogP contribution >= 0.6 is 11.8 Å². The summed E-state index contributed by atoms with van der Waals surface area (Å²) < 4.78 is 2.77. The van der Waals surface area contributed by atoms with Gasteiger partial charge < -0.3 is 5.32 Å². The second-order valence-electron chi connectivity index (χ2n) is 5.42. The van der Waals surface area contributed by atoms with E-state index in [1.807, 2.05) is 30.3 Å². The number of benzene rings is 1. The normalized spacial score (nSPS) is 10.6. The van der Waals surface area contributed by atoms with Crippen molar-refractivity contribution in [1.82, 2.24) is 29.9 Å². The topological polar surface area (TPSA) is 94.7 Å². The molecular formula is C17H18N6O2S. The van der Waals surface area contributed by atoms with Crippen LogP contribution in [0.1, 0.15) is 5.56 Å². The van der Waals surface area contributed by atoms with Gasteiger partial charge in [0, 0.05) is 18.4 Å². The number of nitrogens with zero attached hydrogens (tertiary/aromatic N) is 5. The van der Waals surface area contributed by atoms with Crippen LogP contribution in [0.15, 0.2) is 59.9 Å². The summed E-state index contributed by atoms with van der Waals surface area (Å²) >= 11 is 1.55. The number of carbonyl (C=O) groups excluding carboxylic acids is 1. The minimum atomic E-state index is -0.235. The average molecular weight is 370 g/mol. The molecule has 0 bridgehead atoms. The Kier molecular flexibility index (Phi) is 6.15. The van der Waals surface area contributed by atoms with Gasteiger partial charge in [-0.3, -0.25) is 9.59 Å². The van der Waals surface area contributed by atoms with E-state index in [4.69, 9.17) is 0 Å². The van der Waals surface area contributed by atoms with Crippen molar-refractivity contribution in [3.05, 3.63) is 71.0 Å². The lowest BCUT2D eigenvalue weighted by Crippen LogP contribution is -2.33. The van der Waals surface area contributed by atoms with Gasteiger partial charge in [-0.15, -0.1) is 16.9 Å². The van der Waals surface area contributed by atoms with E-state index in [9.17, 15) is 9.59 Å². The molecule has 0 aliphatic heterocycles. The highest BCUT2D eigenvalue weighted by Crippen LogP contribution is 2.10. The Morgan fingerprint density at radius 1 is 1.15 bits per heavy atom. The number of hydrogen-bond donors (Lipinski definition) is 1. The van der Waals surface area contributed by atoms with Crippen molar-refractivity contribution < 1.29 is 4.79 Å². The zero-order chi connectivity index (χ0) is 18.2. The third-order valence-electron chi connectivity index (χ3n) is 3.50. The molecule has 0 saturated carbocycles. The maximum atomic E-state index is 11.9. The van der Waals surface area contributed by atoms with Gasteiger partial charge in [0.05, 0.1) is 12.3 Å². The Bertz CT molecular complexity index is 895. The smallest absolute Gasteiger partial charge is 0.266 e. The number of hydrogen-bond acceptors (Lipinski definition) is 6. The molecule has 0 spiro atoms. The van der Waals surface area contributed by atoms with E-state index in [0.717, 1.165) is 5.75 Å². The highest BCUT2D eigenvalue weighted by atomic mass is 32.2. The van der Waals surface area contributed by atoms with Crippen LogP contribution in [-0.2, 0) is 17.1 Å². The van der Waals surface area contributed by atoms with Crippen molar-refractivity contribution in [1.29, 1.82) is 0 Å². The van der Waals surface area contributed by atoms with Crippen molar-refractivity contribution in [3.8, 4) is 5.82 Å². The average Bonchev–Trinajstić information content (AvgIpc) is 3.19. The number of carbonyl (C=O) groups is 1. The fraction of sp³-hybridized carbons (Fsp3) is 0.235. The maximum absolute atomic E-state index is 11.9. The van der Waals surface area contributed by atoms with Gasteiger partial charge in [-0.05, 0) is 11.6 Å². The van der Waals surface area contributed by atoms with Crippen LogP contribution in [0.2, 0.25) is 0 Å². The molecule has 0 aliphatic rings.